The summed E-state index contributed by atoms with van der Waals surface area (Å²) in [6.07, 6.45) is 17.9. The predicted octanol–water partition coefficient (Wildman–Crippen LogP) is 5.71. The first-order chi connectivity index (χ1) is 16.2. The number of aromatic nitrogens is 4. The van der Waals surface area contributed by atoms with Crippen LogP contribution in [0.1, 0.15) is 80.7 Å². The van der Waals surface area contributed by atoms with Gasteiger partial charge in [0.1, 0.15) is 0 Å². The second kappa shape index (κ2) is 9.58. The average molecular weight is 442 g/mol. The van der Waals surface area contributed by atoms with Gasteiger partial charge in [0.05, 0.1) is 5.69 Å². The van der Waals surface area contributed by atoms with Crippen molar-refractivity contribution in [1.82, 2.24) is 19.9 Å². The first-order valence-electron chi connectivity index (χ1n) is 12.6. The minimum Gasteiger partial charge on any atom is -0.341 e. The third-order valence-electron chi connectivity index (χ3n) is 7.82. The van der Waals surface area contributed by atoms with E-state index >= 15 is 0 Å². The molecule has 0 aromatic carbocycles. The van der Waals surface area contributed by atoms with Crippen LogP contribution in [0.5, 0.6) is 0 Å². The Labute approximate surface area is 197 Å². The van der Waals surface area contributed by atoms with Gasteiger partial charge in [-0.15, -0.1) is 0 Å². The fourth-order valence-corrected chi connectivity index (χ4v) is 5.72. The fraction of sp³-hybridized carbons (Fsp3) is 0.500. The Morgan fingerprint density at radius 1 is 1.00 bits per heavy atom. The maximum Gasteiger partial charge on any atom is 0.225 e. The largest absolute Gasteiger partial charge is 0.341 e. The van der Waals surface area contributed by atoms with Crippen LogP contribution in [0.2, 0.25) is 0 Å². The van der Waals surface area contributed by atoms with Crippen LogP contribution in [-0.2, 0) is 11.8 Å². The second-order valence-electron chi connectivity index (χ2n) is 10.1. The summed E-state index contributed by atoms with van der Waals surface area (Å²) in [7, 11) is 0. The van der Waals surface area contributed by atoms with E-state index in [-0.39, 0.29) is 5.41 Å². The highest BCUT2D eigenvalue weighted by molar-refractivity contribution is 5.44. The smallest absolute Gasteiger partial charge is 0.225 e. The lowest BCUT2D eigenvalue weighted by Crippen LogP contribution is -2.35. The number of rotatable bonds is 6. The van der Waals surface area contributed by atoms with E-state index in [1.165, 1.54) is 48.1 Å². The molecule has 2 aliphatic rings. The van der Waals surface area contributed by atoms with Gasteiger partial charge in [-0.2, -0.15) is 0 Å². The highest BCUT2D eigenvalue weighted by Gasteiger charge is 2.41. The minimum atomic E-state index is -0.0704. The Hall–Kier alpha value is -2.82. The Morgan fingerprint density at radius 3 is 2.39 bits per heavy atom. The number of hydrogen-bond acceptors (Lipinski definition) is 5. The maximum atomic E-state index is 5.37. The van der Waals surface area contributed by atoms with Gasteiger partial charge >= 0.3 is 0 Å². The van der Waals surface area contributed by atoms with Gasteiger partial charge in [-0.3, -0.25) is 9.97 Å². The van der Waals surface area contributed by atoms with Crippen molar-refractivity contribution in [3.05, 3.63) is 77.6 Å². The van der Waals surface area contributed by atoms with Gasteiger partial charge < -0.3 is 4.90 Å². The number of nitrogens with zero attached hydrogens (tertiary/aromatic N) is 5. The van der Waals surface area contributed by atoms with E-state index < -0.39 is 0 Å². The SMILES string of the molecule is CC1CCN(c2ncc(CC(C)c3cccnc3)c(C3(c4cccnc4)CCCC3)n2)CC1. The Kier molecular flexibility index (Phi) is 6.39. The van der Waals surface area contributed by atoms with Crippen LogP contribution in [0.25, 0.3) is 0 Å². The summed E-state index contributed by atoms with van der Waals surface area (Å²) in [6, 6.07) is 8.52. The highest BCUT2D eigenvalue weighted by atomic mass is 15.3. The monoisotopic (exact) mass is 441 g/mol. The molecule has 5 heteroatoms. The first kappa shape index (κ1) is 22.0. The minimum absolute atomic E-state index is 0.0704. The van der Waals surface area contributed by atoms with Gasteiger partial charge in [-0.25, -0.2) is 9.97 Å². The molecule has 3 aromatic heterocycles. The molecule has 0 spiro atoms. The van der Waals surface area contributed by atoms with Crippen molar-refractivity contribution in [3.63, 3.8) is 0 Å². The molecular weight excluding hydrogens is 406 g/mol. The van der Waals surface area contributed by atoms with Crippen LogP contribution in [0.4, 0.5) is 5.95 Å². The Bertz CT molecular complexity index is 1040. The molecule has 3 aromatic rings. The molecule has 0 bridgehead atoms. The summed E-state index contributed by atoms with van der Waals surface area (Å²) < 4.78 is 0. The lowest BCUT2D eigenvalue weighted by Gasteiger charge is -2.34. The zero-order valence-corrected chi connectivity index (χ0v) is 20.0. The molecule has 0 radical (unpaired) electrons. The molecule has 5 rings (SSSR count). The molecule has 1 unspecified atom stereocenters. The van der Waals surface area contributed by atoms with Crippen molar-refractivity contribution < 1.29 is 0 Å². The van der Waals surface area contributed by atoms with E-state index in [0.29, 0.717) is 5.92 Å². The molecule has 1 aliphatic carbocycles. The third kappa shape index (κ3) is 4.50. The van der Waals surface area contributed by atoms with Crippen LogP contribution in [-0.4, -0.2) is 33.0 Å². The van der Waals surface area contributed by atoms with Crippen molar-refractivity contribution in [2.45, 2.75) is 70.1 Å². The van der Waals surface area contributed by atoms with Crippen molar-refractivity contribution >= 4 is 5.95 Å². The van der Waals surface area contributed by atoms with Crippen molar-refractivity contribution in [2.75, 3.05) is 18.0 Å². The number of anilines is 1. The molecule has 172 valence electrons. The lowest BCUT2D eigenvalue weighted by molar-refractivity contribution is 0.432. The summed E-state index contributed by atoms with van der Waals surface area (Å²) in [4.78, 5) is 21.5. The van der Waals surface area contributed by atoms with Gasteiger partial charge in [0.15, 0.2) is 0 Å². The quantitative estimate of drug-likeness (QED) is 0.490. The van der Waals surface area contributed by atoms with Gasteiger partial charge in [0.2, 0.25) is 5.95 Å². The molecule has 0 N–H and O–H groups in total. The van der Waals surface area contributed by atoms with Gasteiger partial charge in [-0.1, -0.05) is 38.8 Å². The van der Waals surface area contributed by atoms with Crippen LogP contribution in [0, 0.1) is 5.92 Å². The average Bonchev–Trinajstić information content (AvgIpc) is 3.37. The normalized spacial score (nSPS) is 19.5. The fourth-order valence-electron chi connectivity index (χ4n) is 5.72. The second-order valence-corrected chi connectivity index (χ2v) is 10.1. The van der Waals surface area contributed by atoms with Crippen molar-refractivity contribution in [2.24, 2.45) is 5.92 Å². The molecule has 2 fully saturated rings. The van der Waals surface area contributed by atoms with Crippen molar-refractivity contribution in [1.29, 1.82) is 0 Å². The standard InChI is InChI=1S/C28H35N5/c1-21-9-15-33(16-10-21)27-31-19-24(17-22(2)23-7-5-13-29-18-23)26(32-27)28(11-3-4-12-28)25-8-6-14-30-20-25/h5-8,13-14,18-22H,3-4,9-12,15-17H2,1-2H3. The predicted molar refractivity (Wildman–Crippen MR) is 132 cm³/mol. The van der Waals surface area contributed by atoms with Crippen LogP contribution < -0.4 is 4.90 Å². The molecule has 4 heterocycles. The molecule has 33 heavy (non-hydrogen) atoms. The molecular formula is C28H35N5. The summed E-state index contributed by atoms with van der Waals surface area (Å²) in [5.41, 5.74) is 4.99. The Morgan fingerprint density at radius 2 is 1.73 bits per heavy atom. The summed E-state index contributed by atoms with van der Waals surface area (Å²) in [5.74, 6) is 2.05. The zero-order valence-electron chi connectivity index (χ0n) is 20.0. The van der Waals surface area contributed by atoms with E-state index in [1.807, 2.05) is 24.7 Å². The first-order valence-corrected chi connectivity index (χ1v) is 12.6. The molecule has 1 saturated heterocycles. The van der Waals surface area contributed by atoms with E-state index in [4.69, 9.17) is 9.97 Å². The Balaban J connectivity index is 1.57. The van der Waals surface area contributed by atoms with Gasteiger partial charge in [0, 0.05) is 49.5 Å². The molecule has 0 amide bonds. The molecule has 5 nitrogen and oxygen atoms in total. The maximum absolute atomic E-state index is 5.37. The van der Waals surface area contributed by atoms with Crippen LogP contribution in [0.3, 0.4) is 0 Å². The molecule has 1 atom stereocenters. The van der Waals surface area contributed by atoms with E-state index in [9.17, 15) is 0 Å². The zero-order chi connectivity index (χ0) is 22.7. The molecule has 1 saturated carbocycles. The molecule has 1 aliphatic heterocycles. The van der Waals surface area contributed by atoms with E-state index in [2.05, 4.69) is 59.3 Å². The van der Waals surface area contributed by atoms with E-state index in [0.717, 1.165) is 44.2 Å². The highest BCUT2D eigenvalue weighted by Crippen LogP contribution is 2.47. The summed E-state index contributed by atoms with van der Waals surface area (Å²) in [5, 5.41) is 0. The summed E-state index contributed by atoms with van der Waals surface area (Å²) >= 11 is 0. The number of pyridine rings is 2. The lowest BCUT2D eigenvalue weighted by atomic mass is 9.74. The van der Waals surface area contributed by atoms with Crippen molar-refractivity contribution in [3.8, 4) is 0 Å². The number of piperidine rings is 1. The summed E-state index contributed by atoms with van der Waals surface area (Å²) in [6.45, 7) is 6.73. The van der Waals surface area contributed by atoms with E-state index in [1.54, 1.807) is 0 Å². The topological polar surface area (TPSA) is 54.8 Å². The van der Waals surface area contributed by atoms with Crippen LogP contribution in [0.15, 0.2) is 55.2 Å². The number of hydrogen-bond donors (Lipinski definition) is 0. The van der Waals surface area contributed by atoms with Gasteiger partial charge in [-0.05, 0) is 72.8 Å². The van der Waals surface area contributed by atoms with Gasteiger partial charge in [0.25, 0.3) is 0 Å². The third-order valence-corrected chi connectivity index (χ3v) is 7.82. The van der Waals surface area contributed by atoms with Crippen LogP contribution >= 0.6 is 0 Å².